The lowest BCUT2D eigenvalue weighted by Gasteiger charge is -2.33. The molecule has 12 heteroatoms. The van der Waals surface area contributed by atoms with Gasteiger partial charge in [0.2, 0.25) is 0 Å². The Hall–Kier alpha value is -2.86. The van der Waals surface area contributed by atoms with Gasteiger partial charge < -0.3 is 15.4 Å². The maximum Gasteiger partial charge on any atom is 0.410 e. The normalized spacial score (nSPS) is 21.1. The van der Waals surface area contributed by atoms with Gasteiger partial charge in [-0.25, -0.2) is 9.48 Å². The highest BCUT2D eigenvalue weighted by molar-refractivity contribution is 7.17. The summed E-state index contributed by atoms with van der Waals surface area (Å²) < 4.78 is 48.2. The Kier molecular flexibility index (Phi) is 7.30. The standard InChI is InChI=1S/C27H31F3N4O3S2/c1-5-37-25(36)22-15-9-8-14(26(2,3)4)11-19(15)39-24(22)32-23(35)17-13-21-31-16(18-7-6-10-38-18)12-20(27(28,29)30)34(21)33-17/h6-7,10,13-14,16,20,31H,5,8-9,11-12H2,1-4H3,(H,32,35)/t14-,16+,20-/m0/s1. The largest absolute Gasteiger partial charge is 0.462 e. The number of nitrogens with one attached hydrogen (secondary N) is 2. The van der Waals surface area contributed by atoms with Crippen LogP contribution in [0, 0.1) is 11.3 Å². The molecule has 3 aromatic rings. The first-order chi connectivity index (χ1) is 18.4. The minimum atomic E-state index is -4.54. The van der Waals surface area contributed by atoms with Crippen molar-refractivity contribution >= 4 is 45.4 Å². The fraction of sp³-hybridized carbons (Fsp3) is 0.519. The number of carbonyl (C=O) groups excluding carboxylic acids is 2. The molecule has 39 heavy (non-hydrogen) atoms. The van der Waals surface area contributed by atoms with Crippen LogP contribution in [0.5, 0.6) is 0 Å². The molecule has 1 amide bonds. The molecule has 2 aliphatic rings. The molecule has 1 aliphatic carbocycles. The third-order valence-corrected chi connectivity index (χ3v) is 9.66. The van der Waals surface area contributed by atoms with Crippen LogP contribution in [0.2, 0.25) is 0 Å². The van der Waals surface area contributed by atoms with Crippen LogP contribution in [0.15, 0.2) is 23.6 Å². The summed E-state index contributed by atoms with van der Waals surface area (Å²) in [6, 6.07) is 2.49. The van der Waals surface area contributed by atoms with E-state index in [2.05, 4.69) is 36.5 Å². The number of aromatic nitrogens is 2. The van der Waals surface area contributed by atoms with E-state index in [0.29, 0.717) is 22.9 Å². The van der Waals surface area contributed by atoms with Crippen LogP contribution >= 0.6 is 22.7 Å². The number of nitrogens with zero attached hydrogens (tertiary/aromatic N) is 2. The van der Waals surface area contributed by atoms with Gasteiger partial charge in [-0.05, 0) is 54.5 Å². The van der Waals surface area contributed by atoms with Gasteiger partial charge in [0.1, 0.15) is 10.8 Å². The second-order valence-electron chi connectivity index (χ2n) is 11.1. The monoisotopic (exact) mass is 580 g/mol. The minimum absolute atomic E-state index is 0.0910. The van der Waals surface area contributed by atoms with Crippen LogP contribution in [0.25, 0.3) is 0 Å². The molecule has 0 fully saturated rings. The Balaban J connectivity index is 1.45. The number of rotatable bonds is 5. The first kappa shape index (κ1) is 27.7. The third kappa shape index (κ3) is 5.45. The van der Waals surface area contributed by atoms with Gasteiger partial charge >= 0.3 is 12.1 Å². The van der Waals surface area contributed by atoms with Gasteiger partial charge in [0, 0.05) is 22.2 Å². The smallest absolute Gasteiger partial charge is 0.410 e. The average molecular weight is 581 g/mol. The van der Waals surface area contributed by atoms with E-state index in [9.17, 15) is 22.8 Å². The Labute approximate surface area is 232 Å². The molecular weight excluding hydrogens is 549 g/mol. The van der Waals surface area contributed by atoms with Crippen LogP contribution in [0.4, 0.5) is 24.0 Å². The van der Waals surface area contributed by atoms with E-state index in [-0.39, 0.29) is 30.0 Å². The maximum absolute atomic E-state index is 14.0. The van der Waals surface area contributed by atoms with Crippen LogP contribution < -0.4 is 10.6 Å². The van der Waals surface area contributed by atoms with Crippen LogP contribution in [0.1, 0.15) is 88.8 Å². The molecule has 3 atom stereocenters. The Morgan fingerprint density at radius 2 is 2.05 bits per heavy atom. The van der Waals surface area contributed by atoms with E-state index in [0.717, 1.165) is 32.8 Å². The Morgan fingerprint density at radius 3 is 2.69 bits per heavy atom. The fourth-order valence-corrected chi connectivity index (χ4v) is 7.46. The minimum Gasteiger partial charge on any atom is -0.462 e. The molecular formula is C27H31F3N4O3S2. The molecule has 5 rings (SSSR count). The van der Waals surface area contributed by atoms with E-state index >= 15 is 0 Å². The van der Waals surface area contributed by atoms with Crippen molar-refractivity contribution in [1.82, 2.24) is 9.78 Å². The van der Waals surface area contributed by atoms with Crippen molar-refractivity contribution in [2.24, 2.45) is 11.3 Å². The highest BCUT2D eigenvalue weighted by atomic mass is 32.1. The number of esters is 1. The van der Waals surface area contributed by atoms with E-state index < -0.39 is 30.1 Å². The molecule has 0 aromatic carbocycles. The van der Waals surface area contributed by atoms with Gasteiger partial charge in [-0.3, -0.25) is 4.79 Å². The lowest BCUT2D eigenvalue weighted by atomic mass is 9.72. The number of hydrogen-bond acceptors (Lipinski definition) is 7. The zero-order chi connectivity index (χ0) is 28.1. The lowest BCUT2D eigenvalue weighted by Crippen LogP contribution is -2.35. The molecule has 4 heterocycles. The first-order valence-corrected chi connectivity index (χ1v) is 14.7. The van der Waals surface area contributed by atoms with Gasteiger partial charge in [0.15, 0.2) is 11.7 Å². The van der Waals surface area contributed by atoms with Gasteiger partial charge in [0.25, 0.3) is 5.91 Å². The molecule has 0 bridgehead atoms. The molecule has 1 aliphatic heterocycles. The SMILES string of the molecule is CCOC(=O)c1c(NC(=O)c2cc3n(n2)[C@H](C(F)(F)F)C[C@H](c2cccs2)N3)sc2c1CC[C@H](C(C)(C)C)C2. The lowest BCUT2D eigenvalue weighted by molar-refractivity contribution is -0.173. The number of anilines is 2. The topological polar surface area (TPSA) is 85.2 Å². The quantitative estimate of drug-likeness (QED) is 0.311. The van der Waals surface area contributed by atoms with Crippen LogP contribution in [-0.2, 0) is 17.6 Å². The zero-order valence-electron chi connectivity index (χ0n) is 22.1. The van der Waals surface area contributed by atoms with E-state index in [1.165, 1.54) is 28.7 Å². The maximum atomic E-state index is 14.0. The second-order valence-corrected chi connectivity index (χ2v) is 13.1. The summed E-state index contributed by atoms with van der Waals surface area (Å²) in [5.74, 6) is -0.648. The zero-order valence-corrected chi connectivity index (χ0v) is 23.8. The van der Waals surface area contributed by atoms with Gasteiger partial charge in [-0.1, -0.05) is 26.8 Å². The van der Waals surface area contributed by atoms with Crippen LogP contribution in [0.3, 0.4) is 0 Å². The molecule has 0 saturated heterocycles. The molecule has 210 valence electrons. The number of fused-ring (bicyclic) bond motifs is 2. The number of thiophene rings is 2. The highest BCUT2D eigenvalue weighted by Gasteiger charge is 2.47. The number of halogens is 3. The van der Waals surface area contributed by atoms with Crippen molar-refractivity contribution in [2.75, 3.05) is 17.2 Å². The van der Waals surface area contributed by atoms with Crippen molar-refractivity contribution in [1.29, 1.82) is 0 Å². The first-order valence-electron chi connectivity index (χ1n) is 13.0. The summed E-state index contributed by atoms with van der Waals surface area (Å²) in [5, 5.41) is 12.1. The molecule has 0 spiro atoms. The Bertz CT molecular complexity index is 1370. The van der Waals surface area contributed by atoms with Crippen molar-refractivity contribution < 1.29 is 27.5 Å². The molecule has 0 saturated carbocycles. The van der Waals surface area contributed by atoms with Crippen LogP contribution in [-0.4, -0.2) is 34.4 Å². The fourth-order valence-electron chi connectivity index (χ4n) is 5.36. The average Bonchev–Trinajstić information content (AvgIpc) is 3.59. The number of hydrogen-bond donors (Lipinski definition) is 2. The van der Waals surface area contributed by atoms with Crippen molar-refractivity contribution in [3.63, 3.8) is 0 Å². The van der Waals surface area contributed by atoms with Gasteiger partial charge in [0.05, 0.1) is 18.2 Å². The summed E-state index contributed by atoms with van der Waals surface area (Å²) in [4.78, 5) is 28.1. The van der Waals surface area contributed by atoms with Crippen molar-refractivity contribution in [2.45, 2.75) is 71.6 Å². The summed E-state index contributed by atoms with van der Waals surface area (Å²) in [5.41, 5.74) is 1.15. The number of ether oxygens (including phenoxy) is 1. The van der Waals surface area contributed by atoms with E-state index in [1.807, 2.05) is 5.38 Å². The number of carbonyl (C=O) groups is 2. The summed E-state index contributed by atoms with van der Waals surface area (Å²) in [6.45, 7) is 8.48. The summed E-state index contributed by atoms with van der Waals surface area (Å²) >= 11 is 2.71. The molecule has 7 nitrogen and oxygen atoms in total. The third-order valence-electron chi connectivity index (χ3n) is 7.51. The summed E-state index contributed by atoms with van der Waals surface area (Å²) in [6.07, 6.45) is -2.39. The molecule has 0 radical (unpaired) electrons. The highest BCUT2D eigenvalue weighted by Crippen LogP contribution is 2.46. The summed E-state index contributed by atoms with van der Waals surface area (Å²) in [7, 11) is 0. The molecule has 0 unspecified atom stereocenters. The molecule has 2 N–H and O–H groups in total. The van der Waals surface area contributed by atoms with Crippen molar-refractivity contribution in [3.8, 4) is 0 Å². The van der Waals surface area contributed by atoms with Crippen molar-refractivity contribution in [3.05, 3.63) is 50.2 Å². The van der Waals surface area contributed by atoms with E-state index in [4.69, 9.17) is 4.74 Å². The van der Waals surface area contributed by atoms with E-state index in [1.54, 1.807) is 19.1 Å². The molecule has 3 aromatic heterocycles. The second kappa shape index (κ2) is 10.3. The Morgan fingerprint density at radius 1 is 1.28 bits per heavy atom. The number of alkyl halides is 3. The van der Waals surface area contributed by atoms with Gasteiger partial charge in [-0.15, -0.1) is 22.7 Å². The van der Waals surface area contributed by atoms with Gasteiger partial charge in [-0.2, -0.15) is 18.3 Å². The number of amides is 1. The predicted octanol–water partition coefficient (Wildman–Crippen LogP) is 7.25. The predicted molar refractivity (Wildman–Crippen MR) is 146 cm³/mol.